The first-order chi connectivity index (χ1) is 29.5. The highest BCUT2D eigenvalue weighted by molar-refractivity contribution is 5.89. The minimum Gasteiger partial charge on any atom is -0.504 e. The Morgan fingerprint density at radius 1 is 1.05 bits per heavy atom. The van der Waals surface area contributed by atoms with Crippen LogP contribution in [-0.4, -0.2) is 65.3 Å². The van der Waals surface area contributed by atoms with E-state index in [0.717, 1.165) is 48.1 Å². The maximum atomic E-state index is 14.4. The smallest absolute Gasteiger partial charge is 0.160 e. The van der Waals surface area contributed by atoms with E-state index in [2.05, 4.69) is 52.8 Å². The highest BCUT2D eigenvalue weighted by atomic mass is 16.5. The number of hydrogen-bond acceptors (Lipinski definition) is 9. The highest BCUT2D eigenvalue weighted by Gasteiger charge is 2.51. The van der Waals surface area contributed by atoms with Crippen molar-refractivity contribution in [3.8, 4) is 23.3 Å². The molecule has 1 spiro atoms. The fraction of sp³-hybridized carbons (Fsp3) is 0.577. The van der Waals surface area contributed by atoms with Crippen molar-refractivity contribution in [2.45, 2.75) is 133 Å². The number of nitrogens with one attached hydrogen (secondary N) is 2. The van der Waals surface area contributed by atoms with Gasteiger partial charge in [-0.1, -0.05) is 73.2 Å². The predicted molar refractivity (Wildman–Crippen MR) is 239 cm³/mol. The number of aliphatic hydroxyl groups excluding tert-OH is 2. The summed E-state index contributed by atoms with van der Waals surface area (Å²) in [6.45, 7) is 1.60. The lowest BCUT2D eigenvalue weighted by Gasteiger charge is -2.49. The van der Waals surface area contributed by atoms with Crippen molar-refractivity contribution >= 4 is 17.6 Å². The van der Waals surface area contributed by atoms with Gasteiger partial charge in [0.1, 0.15) is 11.2 Å². The average Bonchev–Trinajstić information content (AvgIpc) is 3.75. The zero-order valence-electron chi connectivity index (χ0n) is 36.0. The van der Waals surface area contributed by atoms with Crippen molar-refractivity contribution in [2.75, 3.05) is 20.2 Å². The largest absolute Gasteiger partial charge is 0.504 e. The Labute approximate surface area is 362 Å². The van der Waals surface area contributed by atoms with Crippen molar-refractivity contribution < 1.29 is 29.6 Å². The van der Waals surface area contributed by atoms with E-state index in [1.165, 1.54) is 39.2 Å². The molecule has 2 aromatic rings. The Hall–Kier alpha value is -4.36. The first kappa shape index (κ1) is 43.3. The molecule has 0 radical (unpaired) electrons. The number of piperidine rings is 1. The minimum atomic E-state index is -1.15. The number of fused-ring (bicyclic) bond motifs is 2. The summed E-state index contributed by atoms with van der Waals surface area (Å²) in [4.78, 5) is 26.7. The summed E-state index contributed by atoms with van der Waals surface area (Å²) in [5.74, 6) is 9.37. The van der Waals surface area contributed by atoms with Gasteiger partial charge in [-0.3, -0.25) is 9.59 Å². The number of allylic oxidation sites excluding steroid dienone is 3. The zero-order valence-corrected chi connectivity index (χ0v) is 36.0. The van der Waals surface area contributed by atoms with Crippen LogP contribution in [0.2, 0.25) is 0 Å². The molecule has 0 aromatic heterocycles. The molecule has 2 aliphatic heterocycles. The quantitative estimate of drug-likeness (QED) is 0.119. The van der Waals surface area contributed by atoms with E-state index in [0.29, 0.717) is 99.1 Å². The van der Waals surface area contributed by atoms with Crippen molar-refractivity contribution in [2.24, 2.45) is 40.2 Å². The summed E-state index contributed by atoms with van der Waals surface area (Å²) in [6, 6.07) is 14.0. The average molecular weight is 830 g/mol. The number of aromatic hydroxyl groups is 1. The van der Waals surface area contributed by atoms with Crippen LogP contribution in [0.1, 0.15) is 125 Å². The molecule has 4 fully saturated rings. The standard InChI is InChI=1S/C52H67N3O6/c1-61-47-28-39-13-16-48(59)52(22-17-35(25-49(52)60)32-51(20-5-6-21-51)41-26-40-12-15-43(57)30-45(40)55-33-41)23-18-36(44(39)31-46(47)58)11-14-42(56)27-37(38-19-24-54-50(53)29-38)10-9-34-7-3-2-4-8-34/h2-4,7-10,19,28-29,31,35-37,40-42,45,49,54-56,58,60H,5-6,11-17,20-22,24-27,30,32-33,53H2,1H3. The van der Waals surface area contributed by atoms with Gasteiger partial charge in [0.15, 0.2) is 17.3 Å². The lowest BCUT2D eigenvalue weighted by atomic mass is 9.58. The van der Waals surface area contributed by atoms with E-state index < -0.39 is 17.6 Å². The summed E-state index contributed by atoms with van der Waals surface area (Å²) in [6.07, 6.45) is 20.4. The zero-order chi connectivity index (χ0) is 42.6. The van der Waals surface area contributed by atoms with Crippen LogP contribution in [0.4, 0.5) is 0 Å². The van der Waals surface area contributed by atoms with Crippen molar-refractivity contribution in [3.05, 3.63) is 88.8 Å². The lowest BCUT2D eigenvalue weighted by molar-refractivity contribution is -0.135. The number of dihydropyridines is 1. The molecule has 326 valence electrons. The van der Waals surface area contributed by atoms with E-state index in [1.54, 1.807) is 6.07 Å². The Kier molecular flexibility index (Phi) is 13.4. The molecule has 9 nitrogen and oxygen atoms in total. The Bertz CT molecular complexity index is 2060. The monoisotopic (exact) mass is 830 g/mol. The molecule has 9 unspecified atom stereocenters. The van der Waals surface area contributed by atoms with Crippen molar-refractivity contribution in [1.29, 1.82) is 0 Å². The van der Waals surface area contributed by atoms with Gasteiger partial charge in [0.05, 0.1) is 25.1 Å². The van der Waals surface area contributed by atoms with Crippen molar-refractivity contribution in [1.82, 2.24) is 10.6 Å². The van der Waals surface area contributed by atoms with Gasteiger partial charge in [0.25, 0.3) is 0 Å². The number of aliphatic hydroxyl groups is 2. The lowest BCUT2D eigenvalue weighted by Crippen LogP contribution is -2.53. The maximum absolute atomic E-state index is 14.4. The third-order valence-corrected chi connectivity index (χ3v) is 15.7. The van der Waals surface area contributed by atoms with Crippen LogP contribution < -0.4 is 21.1 Å². The molecule has 0 amide bonds. The molecular formula is C52H67N3O6. The van der Waals surface area contributed by atoms with Gasteiger partial charge < -0.3 is 36.4 Å². The third kappa shape index (κ3) is 9.67. The summed E-state index contributed by atoms with van der Waals surface area (Å²) < 4.78 is 5.52. The molecule has 0 bridgehead atoms. The molecule has 4 aliphatic carbocycles. The Morgan fingerprint density at radius 2 is 1.87 bits per heavy atom. The van der Waals surface area contributed by atoms with Crippen LogP contribution in [0.15, 0.2) is 72.1 Å². The predicted octanol–water partition coefficient (Wildman–Crippen LogP) is 7.64. The van der Waals surface area contributed by atoms with Gasteiger partial charge in [-0.2, -0.15) is 0 Å². The number of methoxy groups -OCH3 is 1. The van der Waals surface area contributed by atoms with Gasteiger partial charge >= 0.3 is 0 Å². The second-order valence-corrected chi connectivity index (χ2v) is 19.4. The Morgan fingerprint density at radius 3 is 2.64 bits per heavy atom. The van der Waals surface area contributed by atoms with Crippen LogP contribution in [0.3, 0.4) is 0 Å². The number of rotatable bonds is 12. The number of phenols is 1. The normalized spacial score (nSPS) is 30.9. The summed E-state index contributed by atoms with van der Waals surface area (Å²) in [5.41, 5.74) is 9.15. The molecule has 9 atom stereocenters. The van der Waals surface area contributed by atoms with Gasteiger partial charge in [0.2, 0.25) is 0 Å². The van der Waals surface area contributed by atoms with Gasteiger partial charge in [0, 0.05) is 43.7 Å². The van der Waals surface area contributed by atoms with Crippen LogP contribution in [-0.2, 0) is 16.0 Å². The number of benzene rings is 2. The van der Waals surface area contributed by atoms with Crippen molar-refractivity contribution in [3.63, 3.8) is 0 Å². The van der Waals surface area contributed by atoms with Crippen LogP contribution in [0.5, 0.6) is 11.5 Å². The SMILES string of the molecule is COc1cc2c(cc1O)C(CCC(O)CC(C=Cc1ccccc1)C1=CCNC(N)=C1)C#CC1(CCC(CC3(C4CNC5CC(=O)CCC5C4)CCCC3)CC1O)C(=O)CC2. The van der Waals surface area contributed by atoms with E-state index in [9.17, 15) is 24.9 Å². The van der Waals surface area contributed by atoms with E-state index in [4.69, 9.17) is 10.5 Å². The molecular weight excluding hydrogens is 763 g/mol. The number of carbonyl (C=O) groups is 2. The molecule has 7 N–H and O–H groups in total. The molecule has 8 rings (SSSR count). The molecule has 3 saturated carbocycles. The van der Waals surface area contributed by atoms with Crippen LogP contribution in [0.25, 0.3) is 6.08 Å². The second-order valence-electron chi connectivity index (χ2n) is 19.4. The number of hydrogen-bond donors (Lipinski definition) is 6. The molecule has 61 heavy (non-hydrogen) atoms. The number of carbonyl (C=O) groups excluding carboxylic acids is 2. The molecule has 1 saturated heterocycles. The van der Waals surface area contributed by atoms with Crippen LogP contribution >= 0.6 is 0 Å². The third-order valence-electron chi connectivity index (χ3n) is 15.7. The van der Waals surface area contributed by atoms with Gasteiger partial charge in [-0.15, -0.1) is 0 Å². The number of Topliss-reactive ketones (excluding diaryl/α,β-unsaturated/α-hetero) is 2. The number of phenolic OH excluding ortho intramolecular Hbond substituents is 1. The fourth-order valence-corrected chi connectivity index (χ4v) is 12.2. The molecule has 2 heterocycles. The molecule has 9 heteroatoms. The van der Waals surface area contributed by atoms with Gasteiger partial charge in [-0.25, -0.2) is 0 Å². The Balaban J connectivity index is 1.00. The number of nitrogens with two attached hydrogens (primary N) is 1. The number of ketones is 2. The van der Waals surface area contributed by atoms with E-state index >= 15 is 0 Å². The minimum absolute atomic E-state index is 0.00908. The fourth-order valence-electron chi connectivity index (χ4n) is 12.2. The number of aryl methyl sites for hydroxylation is 1. The van der Waals surface area contributed by atoms with Crippen LogP contribution in [0, 0.1) is 46.3 Å². The summed E-state index contributed by atoms with van der Waals surface area (Å²) in [7, 11) is 1.53. The number of ether oxygens (including phenoxy) is 1. The molecule has 2 aromatic carbocycles. The first-order valence-corrected chi connectivity index (χ1v) is 23.3. The topological polar surface area (TPSA) is 154 Å². The maximum Gasteiger partial charge on any atom is 0.160 e. The van der Waals surface area contributed by atoms with Gasteiger partial charge in [-0.05, 0) is 147 Å². The first-order valence-electron chi connectivity index (χ1n) is 23.3. The summed E-state index contributed by atoms with van der Waals surface area (Å²) in [5, 5.41) is 41.9. The second kappa shape index (κ2) is 18.9. The highest BCUT2D eigenvalue weighted by Crippen LogP contribution is 2.55. The van der Waals surface area contributed by atoms with E-state index in [1.807, 2.05) is 30.3 Å². The molecule has 6 aliphatic rings. The van der Waals surface area contributed by atoms with E-state index in [-0.39, 0.29) is 35.2 Å². The summed E-state index contributed by atoms with van der Waals surface area (Å²) >= 11 is 0.